The molecular weight excluding hydrogens is 380 g/mol. The number of thioether (sulfide) groups is 1. The molecule has 4 aromatic rings. The highest BCUT2D eigenvalue weighted by molar-refractivity contribution is 7.98. The number of hydrogen-bond acceptors (Lipinski definition) is 7. The van der Waals surface area contributed by atoms with Crippen molar-refractivity contribution >= 4 is 33.3 Å². The molecule has 0 bridgehead atoms. The van der Waals surface area contributed by atoms with E-state index in [0.717, 1.165) is 20.8 Å². The van der Waals surface area contributed by atoms with E-state index in [4.69, 9.17) is 9.40 Å². The summed E-state index contributed by atoms with van der Waals surface area (Å²) in [5.74, 6) is 1.52. The van der Waals surface area contributed by atoms with Crippen molar-refractivity contribution < 1.29 is 4.42 Å². The molecule has 0 saturated heterocycles. The third-order valence-corrected chi connectivity index (χ3v) is 6.39. The molecule has 27 heavy (non-hydrogen) atoms. The number of fused-ring (bicyclic) bond motifs is 1. The van der Waals surface area contributed by atoms with E-state index >= 15 is 0 Å². The monoisotopic (exact) mass is 398 g/mol. The molecule has 8 heteroatoms. The maximum absolute atomic E-state index is 13.3. The SMILES string of the molecule is Cc1nnc(CSc2nc3sc(C)c(C)c3c(=O)n2Cc2ccccc2)o1. The zero-order valence-electron chi connectivity index (χ0n) is 15.2. The van der Waals surface area contributed by atoms with Gasteiger partial charge in [0.2, 0.25) is 11.8 Å². The lowest BCUT2D eigenvalue weighted by molar-refractivity contribution is 0.485. The molecule has 0 atom stereocenters. The summed E-state index contributed by atoms with van der Waals surface area (Å²) in [5.41, 5.74) is 2.06. The van der Waals surface area contributed by atoms with Gasteiger partial charge in [0.05, 0.1) is 17.7 Å². The lowest BCUT2D eigenvalue weighted by Crippen LogP contribution is -2.24. The minimum absolute atomic E-state index is 0.00471. The van der Waals surface area contributed by atoms with Crippen LogP contribution < -0.4 is 5.56 Å². The third-order valence-electron chi connectivity index (χ3n) is 4.33. The standard InChI is InChI=1S/C19H18N4O2S2/c1-11-12(2)27-17-16(11)18(24)23(9-14-7-5-4-6-8-14)19(20-17)26-10-15-22-21-13(3)25-15/h4-8H,9-10H2,1-3H3. The Morgan fingerprint density at radius 3 is 2.63 bits per heavy atom. The van der Waals surface area contributed by atoms with Crippen LogP contribution in [0.3, 0.4) is 0 Å². The Morgan fingerprint density at radius 1 is 1.15 bits per heavy atom. The molecule has 0 amide bonds. The Hall–Kier alpha value is -2.45. The number of thiophene rings is 1. The summed E-state index contributed by atoms with van der Waals surface area (Å²) < 4.78 is 7.19. The van der Waals surface area contributed by atoms with Crippen LogP contribution in [0.4, 0.5) is 0 Å². The third kappa shape index (κ3) is 3.54. The summed E-state index contributed by atoms with van der Waals surface area (Å²) in [6, 6.07) is 9.94. The normalized spacial score (nSPS) is 11.4. The fraction of sp³-hybridized carbons (Fsp3) is 0.263. The zero-order valence-corrected chi connectivity index (χ0v) is 16.9. The first kappa shape index (κ1) is 17.9. The van der Waals surface area contributed by atoms with Crippen LogP contribution in [0.15, 0.2) is 44.7 Å². The van der Waals surface area contributed by atoms with Gasteiger partial charge in [0.15, 0.2) is 5.16 Å². The highest BCUT2D eigenvalue weighted by Crippen LogP contribution is 2.29. The van der Waals surface area contributed by atoms with Gasteiger partial charge in [0.25, 0.3) is 5.56 Å². The van der Waals surface area contributed by atoms with Crippen LogP contribution in [0, 0.1) is 20.8 Å². The van der Waals surface area contributed by atoms with E-state index in [1.54, 1.807) is 22.8 Å². The molecule has 6 nitrogen and oxygen atoms in total. The second-order valence-electron chi connectivity index (χ2n) is 6.24. The average molecular weight is 399 g/mol. The largest absolute Gasteiger partial charge is 0.425 e. The van der Waals surface area contributed by atoms with Crippen molar-refractivity contribution in [2.45, 2.75) is 38.2 Å². The van der Waals surface area contributed by atoms with Crippen molar-refractivity contribution in [3.05, 3.63) is 68.5 Å². The molecule has 4 rings (SSSR count). The lowest BCUT2D eigenvalue weighted by atomic mass is 10.2. The molecule has 3 aromatic heterocycles. The Labute approximate surface area is 164 Å². The fourth-order valence-electron chi connectivity index (χ4n) is 2.85. The molecule has 0 aliphatic heterocycles. The van der Waals surface area contributed by atoms with Crippen molar-refractivity contribution in [1.82, 2.24) is 19.7 Å². The summed E-state index contributed by atoms with van der Waals surface area (Å²) in [4.78, 5) is 20.0. The predicted molar refractivity (Wildman–Crippen MR) is 107 cm³/mol. The quantitative estimate of drug-likeness (QED) is 0.372. The first-order valence-corrected chi connectivity index (χ1v) is 10.3. The molecule has 0 aliphatic carbocycles. The molecule has 0 unspecified atom stereocenters. The Morgan fingerprint density at radius 2 is 1.93 bits per heavy atom. The Kier molecular flexibility index (Phi) is 4.84. The Bertz CT molecular complexity index is 1160. The lowest BCUT2D eigenvalue weighted by Gasteiger charge is -2.11. The maximum atomic E-state index is 13.3. The van der Waals surface area contributed by atoms with Crippen molar-refractivity contribution in [3.63, 3.8) is 0 Å². The summed E-state index contributed by atoms with van der Waals surface area (Å²) in [5, 5.41) is 9.26. The summed E-state index contributed by atoms with van der Waals surface area (Å²) in [6.07, 6.45) is 0. The van der Waals surface area contributed by atoms with E-state index in [1.807, 2.05) is 44.2 Å². The van der Waals surface area contributed by atoms with Crippen LogP contribution in [-0.2, 0) is 12.3 Å². The van der Waals surface area contributed by atoms with Gasteiger partial charge in [-0.15, -0.1) is 21.5 Å². The number of benzene rings is 1. The average Bonchev–Trinajstić information content (AvgIpc) is 3.20. The van der Waals surface area contributed by atoms with Crippen LogP contribution in [0.1, 0.15) is 27.8 Å². The van der Waals surface area contributed by atoms with Crippen LogP contribution >= 0.6 is 23.1 Å². The highest BCUT2D eigenvalue weighted by atomic mass is 32.2. The second kappa shape index (κ2) is 7.28. The molecule has 0 radical (unpaired) electrons. The van der Waals surface area contributed by atoms with Crippen LogP contribution in [-0.4, -0.2) is 19.7 Å². The van der Waals surface area contributed by atoms with Gasteiger partial charge in [0, 0.05) is 11.8 Å². The first-order valence-electron chi connectivity index (χ1n) is 8.49. The summed E-state index contributed by atoms with van der Waals surface area (Å²) >= 11 is 3.00. The zero-order chi connectivity index (χ0) is 19.0. The van der Waals surface area contributed by atoms with Crippen LogP contribution in [0.2, 0.25) is 0 Å². The maximum Gasteiger partial charge on any atom is 0.263 e. The Balaban J connectivity index is 1.79. The second-order valence-corrected chi connectivity index (χ2v) is 8.38. The minimum atomic E-state index is -0.00471. The number of nitrogens with zero attached hydrogens (tertiary/aromatic N) is 4. The van der Waals surface area contributed by atoms with E-state index in [2.05, 4.69) is 10.2 Å². The van der Waals surface area contributed by atoms with Crippen molar-refractivity contribution in [3.8, 4) is 0 Å². The van der Waals surface area contributed by atoms with E-state index in [1.165, 1.54) is 11.8 Å². The number of hydrogen-bond donors (Lipinski definition) is 0. The first-order chi connectivity index (χ1) is 13.0. The molecule has 0 saturated carbocycles. The molecule has 1 aromatic carbocycles. The molecule has 138 valence electrons. The van der Waals surface area contributed by atoms with Gasteiger partial charge < -0.3 is 4.42 Å². The van der Waals surface area contributed by atoms with Crippen LogP contribution in [0.5, 0.6) is 0 Å². The summed E-state index contributed by atoms with van der Waals surface area (Å²) in [6.45, 7) is 6.24. The van der Waals surface area contributed by atoms with Crippen molar-refractivity contribution in [1.29, 1.82) is 0 Å². The summed E-state index contributed by atoms with van der Waals surface area (Å²) in [7, 11) is 0. The van der Waals surface area contributed by atoms with Gasteiger partial charge in [-0.2, -0.15) is 0 Å². The highest BCUT2D eigenvalue weighted by Gasteiger charge is 2.18. The minimum Gasteiger partial charge on any atom is -0.425 e. The smallest absolute Gasteiger partial charge is 0.263 e. The van der Waals surface area contributed by atoms with Gasteiger partial charge >= 0.3 is 0 Å². The van der Waals surface area contributed by atoms with Gasteiger partial charge in [-0.3, -0.25) is 9.36 Å². The van der Waals surface area contributed by atoms with Gasteiger partial charge in [-0.05, 0) is 25.0 Å². The molecule has 3 heterocycles. The van der Waals surface area contributed by atoms with E-state index in [9.17, 15) is 4.79 Å². The van der Waals surface area contributed by atoms with Crippen molar-refractivity contribution in [2.75, 3.05) is 0 Å². The topological polar surface area (TPSA) is 73.8 Å². The fourth-order valence-corrected chi connectivity index (χ4v) is 4.75. The molecule has 0 fully saturated rings. The molecular formula is C19H18N4O2S2. The number of rotatable bonds is 5. The van der Waals surface area contributed by atoms with E-state index < -0.39 is 0 Å². The molecule has 0 spiro atoms. The molecule has 0 N–H and O–H groups in total. The predicted octanol–water partition coefficient (Wildman–Crippen LogP) is 4.11. The van der Waals surface area contributed by atoms with Gasteiger partial charge in [-0.1, -0.05) is 42.1 Å². The molecule has 0 aliphatic rings. The van der Waals surface area contributed by atoms with Crippen molar-refractivity contribution in [2.24, 2.45) is 0 Å². The van der Waals surface area contributed by atoms with E-state index in [-0.39, 0.29) is 5.56 Å². The van der Waals surface area contributed by atoms with E-state index in [0.29, 0.717) is 34.6 Å². The number of aromatic nitrogens is 4. The van der Waals surface area contributed by atoms with Crippen LogP contribution in [0.25, 0.3) is 10.2 Å². The van der Waals surface area contributed by atoms with Gasteiger partial charge in [0.1, 0.15) is 4.83 Å². The number of aryl methyl sites for hydroxylation is 3. The van der Waals surface area contributed by atoms with Gasteiger partial charge in [-0.25, -0.2) is 4.98 Å².